The van der Waals surface area contributed by atoms with Gasteiger partial charge in [0.1, 0.15) is 18.4 Å². The normalized spacial score (nSPS) is 15.3. The Bertz CT molecular complexity index is 1110. The maximum atomic E-state index is 13.7. The van der Waals surface area contributed by atoms with Crippen molar-refractivity contribution in [3.05, 3.63) is 102 Å². The van der Waals surface area contributed by atoms with Crippen LogP contribution in [0.5, 0.6) is 5.75 Å². The molecule has 3 aromatic carbocycles. The highest BCUT2D eigenvalue weighted by Crippen LogP contribution is 2.39. The fraction of sp³-hybridized carbons (Fsp3) is 0.355. The summed E-state index contributed by atoms with van der Waals surface area (Å²) in [5.41, 5.74) is 2.90. The monoisotopic (exact) mass is 500 g/mol. The molecule has 0 aliphatic heterocycles. The largest absolute Gasteiger partial charge is 0.497 e. The average Bonchev–Trinajstić information content (AvgIpc) is 2.96. The van der Waals surface area contributed by atoms with Gasteiger partial charge in [-0.25, -0.2) is 4.79 Å². The van der Waals surface area contributed by atoms with Crippen molar-refractivity contribution < 1.29 is 19.1 Å². The highest BCUT2D eigenvalue weighted by molar-refractivity contribution is 5.86. The van der Waals surface area contributed by atoms with E-state index in [1.54, 1.807) is 7.11 Å². The zero-order valence-corrected chi connectivity index (χ0v) is 21.4. The second-order valence-corrected chi connectivity index (χ2v) is 9.58. The molecule has 0 spiro atoms. The van der Waals surface area contributed by atoms with Crippen molar-refractivity contribution in [1.29, 1.82) is 0 Å². The Balaban J connectivity index is 1.58. The molecule has 6 heteroatoms. The number of nitrogens with one attached hydrogen (secondary N) is 2. The van der Waals surface area contributed by atoms with Crippen molar-refractivity contribution >= 4 is 12.0 Å². The van der Waals surface area contributed by atoms with Crippen LogP contribution < -0.4 is 15.4 Å². The molecule has 4 rings (SSSR count). The summed E-state index contributed by atoms with van der Waals surface area (Å²) in [7, 11) is 1.64. The van der Waals surface area contributed by atoms with Gasteiger partial charge in [-0.05, 0) is 47.6 Å². The number of hydrogen-bond donors (Lipinski definition) is 2. The maximum Gasteiger partial charge on any atom is 0.408 e. The van der Waals surface area contributed by atoms with E-state index in [1.165, 1.54) is 6.42 Å². The minimum atomic E-state index is -0.775. The first kappa shape index (κ1) is 26.3. The van der Waals surface area contributed by atoms with Crippen molar-refractivity contribution in [2.75, 3.05) is 7.11 Å². The van der Waals surface area contributed by atoms with E-state index < -0.39 is 12.1 Å². The number of rotatable bonds is 10. The Morgan fingerprint density at radius 1 is 0.838 bits per heavy atom. The predicted octanol–water partition coefficient (Wildman–Crippen LogP) is 5.97. The third-order valence-electron chi connectivity index (χ3n) is 7.10. The first-order valence-electron chi connectivity index (χ1n) is 13.1. The summed E-state index contributed by atoms with van der Waals surface area (Å²) in [6.07, 6.45) is 4.86. The standard InChI is InChI=1S/C31H36N2O4/c1-36-27-19-17-26(18-20-27)28(25-15-9-4-10-16-25)29(30(34)32-21-23-11-5-2-6-12-23)33-31(35)37-22-24-13-7-3-8-14-24/h2-3,5-8,11-14,17-20,25,28-29H,4,9-10,15-16,21-22H2,1H3,(H,32,34)(H,33,35)/t28-,29-/m0/s1. The lowest BCUT2D eigenvalue weighted by atomic mass is 9.73. The van der Waals surface area contributed by atoms with Crippen LogP contribution in [0.4, 0.5) is 4.79 Å². The number of alkyl carbamates (subject to hydrolysis) is 1. The molecule has 37 heavy (non-hydrogen) atoms. The summed E-state index contributed by atoms with van der Waals surface area (Å²) in [4.78, 5) is 26.7. The van der Waals surface area contributed by atoms with E-state index in [-0.39, 0.29) is 24.3 Å². The summed E-state index contributed by atoms with van der Waals surface area (Å²) in [5, 5.41) is 6.00. The molecule has 3 aromatic rings. The van der Waals surface area contributed by atoms with E-state index in [0.29, 0.717) is 6.54 Å². The van der Waals surface area contributed by atoms with Crippen LogP contribution in [0, 0.1) is 5.92 Å². The molecule has 0 heterocycles. The van der Waals surface area contributed by atoms with Crippen LogP contribution in [0.25, 0.3) is 0 Å². The Kier molecular flexibility index (Phi) is 9.58. The molecule has 1 fully saturated rings. The molecule has 0 bridgehead atoms. The van der Waals surface area contributed by atoms with Crippen molar-refractivity contribution in [3.8, 4) is 5.75 Å². The number of carbonyl (C=O) groups excluding carboxylic acids is 2. The van der Waals surface area contributed by atoms with Crippen LogP contribution in [-0.2, 0) is 22.7 Å². The molecule has 194 valence electrons. The van der Waals surface area contributed by atoms with Crippen molar-refractivity contribution in [2.45, 2.75) is 57.2 Å². The van der Waals surface area contributed by atoms with E-state index >= 15 is 0 Å². The summed E-state index contributed by atoms with van der Waals surface area (Å²) < 4.78 is 10.9. The zero-order chi connectivity index (χ0) is 25.9. The van der Waals surface area contributed by atoms with Gasteiger partial charge in [0.2, 0.25) is 5.91 Å². The van der Waals surface area contributed by atoms with E-state index in [1.807, 2.05) is 84.9 Å². The minimum absolute atomic E-state index is 0.141. The summed E-state index contributed by atoms with van der Waals surface area (Å²) in [6, 6.07) is 26.4. The molecule has 1 saturated carbocycles. The molecular formula is C31H36N2O4. The second-order valence-electron chi connectivity index (χ2n) is 9.58. The molecular weight excluding hydrogens is 464 g/mol. The summed E-state index contributed by atoms with van der Waals surface area (Å²) in [5.74, 6) is 0.619. The molecule has 0 saturated heterocycles. The quantitative estimate of drug-likeness (QED) is 0.360. The Labute approximate surface area is 219 Å². The third-order valence-corrected chi connectivity index (χ3v) is 7.10. The number of carbonyl (C=O) groups is 2. The number of hydrogen-bond acceptors (Lipinski definition) is 4. The summed E-state index contributed by atoms with van der Waals surface area (Å²) in [6.45, 7) is 0.526. The molecule has 2 atom stereocenters. The molecule has 6 nitrogen and oxygen atoms in total. The Morgan fingerprint density at radius 3 is 2.08 bits per heavy atom. The van der Waals surface area contributed by atoms with Crippen LogP contribution in [0.15, 0.2) is 84.9 Å². The van der Waals surface area contributed by atoms with E-state index in [9.17, 15) is 9.59 Å². The molecule has 1 aliphatic rings. The molecule has 2 amide bonds. The number of amides is 2. The van der Waals surface area contributed by atoms with Crippen LogP contribution in [-0.4, -0.2) is 25.2 Å². The molecule has 0 aromatic heterocycles. The third kappa shape index (κ3) is 7.59. The summed E-state index contributed by atoms with van der Waals surface area (Å²) >= 11 is 0. The highest BCUT2D eigenvalue weighted by Gasteiger charge is 2.37. The Hall–Kier alpha value is -3.80. The topological polar surface area (TPSA) is 76.7 Å². The smallest absolute Gasteiger partial charge is 0.408 e. The van der Waals surface area contributed by atoms with Crippen LogP contribution in [0.3, 0.4) is 0 Å². The van der Waals surface area contributed by atoms with E-state index in [4.69, 9.17) is 9.47 Å². The van der Waals surface area contributed by atoms with Crippen LogP contribution in [0.1, 0.15) is 54.7 Å². The first-order valence-corrected chi connectivity index (χ1v) is 13.1. The van der Waals surface area contributed by atoms with Crippen LogP contribution in [0.2, 0.25) is 0 Å². The van der Waals surface area contributed by atoms with Gasteiger partial charge in [0.25, 0.3) is 0 Å². The first-order chi connectivity index (χ1) is 18.1. The molecule has 1 aliphatic carbocycles. The van der Waals surface area contributed by atoms with Crippen LogP contribution >= 0.6 is 0 Å². The fourth-order valence-electron chi connectivity index (χ4n) is 5.16. The molecule has 0 unspecified atom stereocenters. The molecule has 2 N–H and O–H groups in total. The second kappa shape index (κ2) is 13.5. The maximum absolute atomic E-state index is 13.7. The lowest BCUT2D eigenvalue weighted by Crippen LogP contribution is -2.51. The lowest BCUT2D eigenvalue weighted by molar-refractivity contribution is -0.124. The van der Waals surface area contributed by atoms with Crippen molar-refractivity contribution in [2.24, 2.45) is 5.92 Å². The van der Waals surface area contributed by atoms with Gasteiger partial charge in [-0.15, -0.1) is 0 Å². The minimum Gasteiger partial charge on any atom is -0.497 e. The van der Waals surface area contributed by atoms with Crippen molar-refractivity contribution in [1.82, 2.24) is 10.6 Å². The number of benzene rings is 3. The van der Waals surface area contributed by atoms with Gasteiger partial charge in [0.15, 0.2) is 0 Å². The number of methoxy groups -OCH3 is 1. The van der Waals surface area contributed by atoms with Gasteiger partial charge in [0, 0.05) is 12.5 Å². The van der Waals surface area contributed by atoms with Gasteiger partial charge in [-0.1, -0.05) is 92.1 Å². The SMILES string of the molecule is COc1ccc([C@H](C2CCCCC2)[C@H](NC(=O)OCc2ccccc2)C(=O)NCc2ccccc2)cc1. The lowest BCUT2D eigenvalue weighted by Gasteiger charge is -2.36. The van der Waals surface area contributed by atoms with Gasteiger partial charge in [-0.2, -0.15) is 0 Å². The number of ether oxygens (including phenoxy) is 2. The Morgan fingerprint density at radius 2 is 1.46 bits per heavy atom. The fourth-order valence-corrected chi connectivity index (χ4v) is 5.16. The highest BCUT2D eigenvalue weighted by atomic mass is 16.5. The van der Waals surface area contributed by atoms with Gasteiger partial charge in [-0.3, -0.25) is 4.79 Å². The van der Waals surface area contributed by atoms with E-state index in [0.717, 1.165) is 48.1 Å². The van der Waals surface area contributed by atoms with Crippen molar-refractivity contribution in [3.63, 3.8) is 0 Å². The molecule has 0 radical (unpaired) electrons. The van der Waals surface area contributed by atoms with Gasteiger partial charge in [0.05, 0.1) is 7.11 Å². The van der Waals surface area contributed by atoms with E-state index in [2.05, 4.69) is 10.6 Å². The average molecular weight is 501 g/mol. The van der Waals surface area contributed by atoms with Gasteiger partial charge >= 0.3 is 6.09 Å². The predicted molar refractivity (Wildman–Crippen MR) is 144 cm³/mol. The van der Waals surface area contributed by atoms with Gasteiger partial charge < -0.3 is 20.1 Å². The zero-order valence-electron chi connectivity index (χ0n) is 21.4.